The number of aliphatic hydroxyl groups is 1. The Hall–Kier alpha value is -2.06. The van der Waals surface area contributed by atoms with Gasteiger partial charge in [-0.1, -0.05) is 23.2 Å². The number of nitrogens with two attached hydrogens (primary N) is 1. The SMILES string of the molecule is Nc1ncnc2c1ncn2[C@@H]1O[C@@H]2COP(=O)(O)OC3[C@@H](O)[C@@H](COP(=O)(O)OC2[C@@H]1F)O[C@H]3n1c(Cl)nc2cc(Cl)c(Cl)cc21. The summed E-state index contributed by atoms with van der Waals surface area (Å²) >= 11 is 18.7. The molecule has 248 valence electrons. The summed E-state index contributed by atoms with van der Waals surface area (Å²) in [6, 6.07) is 2.80. The lowest BCUT2D eigenvalue weighted by Crippen LogP contribution is -2.35. The maximum absolute atomic E-state index is 15.9. The zero-order chi connectivity index (χ0) is 32.7. The van der Waals surface area contributed by atoms with Crippen LogP contribution in [0, 0.1) is 0 Å². The fourth-order valence-corrected chi connectivity index (χ4v) is 7.90. The molecule has 3 fully saturated rings. The van der Waals surface area contributed by atoms with Crippen molar-refractivity contribution in [1.82, 2.24) is 29.1 Å². The highest BCUT2D eigenvalue weighted by Gasteiger charge is 2.54. The van der Waals surface area contributed by atoms with E-state index >= 15 is 4.39 Å². The first-order valence-electron chi connectivity index (χ1n) is 13.1. The lowest BCUT2D eigenvalue weighted by atomic mass is 10.1. The van der Waals surface area contributed by atoms with Crippen LogP contribution in [0.15, 0.2) is 24.8 Å². The monoisotopic (exact) mass is 745 g/mol. The molecule has 0 amide bonds. The van der Waals surface area contributed by atoms with E-state index < -0.39 is 78.0 Å². The fraction of sp³-hybridized carbons (Fsp3) is 0.455. The molecule has 3 aromatic heterocycles. The van der Waals surface area contributed by atoms with Gasteiger partial charge in [0.05, 0.1) is 40.6 Å². The number of anilines is 1. The van der Waals surface area contributed by atoms with Crippen LogP contribution in [0.5, 0.6) is 0 Å². The van der Waals surface area contributed by atoms with Gasteiger partial charge in [0.2, 0.25) is 5.28 Å². The van der Waals surface area contributed by atoms with Crippen LogP contribution in [0.3, 0.4) is 0 Å². The highest BCUT2D eigenvalue weighted by Crippen LogP contribution is 2.54. The molecule has 0 aliphatic carbocycles. The molecule has 3 saturated heterocycles. The number of nitrogen functional groups attached to an aromatic ring is 1. The van der Waals surface area contributed by atoms with Gasteiger partial charge in [0.1, 0.15) is 42.4 Å². The molecular formula is C22H21Cl3FN7O11P2. The maximum Gasteiger partial charge on any atom is 0.472 e. The van der Waals surface area contributed by atoms with Crippen molar-refractivity contribution in [2.24, 2.45) is 0 Å². The number of aromatic nitrogens is 6. The molecule has 5 N–H and O–H groups in total. The summed E-state index contributed by atoms with van der Waals surface area (Å²) in [6.07, 6.45) is -11.4. The number of imidazole rings is 2. The first-order valence-corrected chi connectivity index (χ1v) is 17.3. The van der Waals surface area contributed by atoms with Crippen LogP contribution >= 0.6 is 50.4 Å². The third kappa shape index (κ3) is 5.71. The maximum atomic E-state index is 15.9. The molecule has 6 heterocycles. The molecule has 0 spiro atoms. The van der Waals surface area contributed by atoms with Crippen molar-refractivity contribution in [1.29, 1.82) is 0 Å². The molecule has 4 unspecified atom stereocenters. The number of fused-ring (bicyclic) bond motifs is 5. The second-order valence-corrected chi connectivity index (χ2v) is 14.3. The van der Waals surface area contributed by atoms with Crippen molar-refractivity contribution < 1.29 is 56.0 Å². The zero-order valence-corrected chi connectivity index (χ0v) is 26.7. The van der Waals surface area contributed by atoms with Crippen LogP contribution in [0.1, 0.15) is 12.5 Å². The molecule has 0 saturated carbocycles. The van der Waals surface area contributed by atoms with Gasteiger partial charge in [-0.2, -0.15) is 0 Å². The Labute approximate surface area is 271 Å². The molecular weight excluding hydrogens is 726 g/mol. The Morgan fingerprint density at radius 3 is 2.33 bits per heavy atom. The van der Waals surface area contributed by atoms with Gasteiger partial charge in [0.25, 0.3) is 0 Å². The van der Waals surface area contributed by atoms with E-state index in [2.05, 4.69) is 19.9 Å². The fourth-order valence-electron chi connectivity index (χ4n) is 5.42. The van der Waals surface area contributed by atoms with E-state index in [1.54, 1.807) is 0 Å². The number of rotatable bonds is 2. The third-order valence-electron chi connectivity index (χ3n) is 7.50. The summed E-state index contributed by atoms with van der Waals surface area (Å²) in [4.78, 5) is 37.4. The molecule has 3 aliphatic rings. The third-order valence-corrected chi connectivity index (χ3v) is 10.5. The predicted octanol–water partition coefficient (Wildman–Crippen LogP) is 2.93. The van der Waals surface area contributed by atoms with Crippen LogP contribution in [0.2, 0.25) is 15.3 Å². The average molecular weight is 747 g/mol. The Morgan fingerprint density at radius 1 is 0.935 bits per heavy atom. The summed E-state index contributed by atoms with van der Waals surface area (Å²) in [5, 5.41) is 11.1. The Morgan fingerprint density at radius 2 is 1.59 bits per heavy atom. The first-order chi connectivity index (χ1) is 21.7. The Kier molecular flexibility index (Phi) is 8.35. The molecule has 0 radical (unpaired) electrons. The number of hydrogen-bond acceptors (Lipinski definition) is 14. The number of benzene rings is 1. The largest absolute Gasteiger partial charge is 0.472 e. The summed E-state index contributed by atoms with van der Waals surface area (Å²) in [5.41, 5.74) is 6.49. The van der Waals surface area contributed by atoms with Gasteiger partial charge in [0, 0.05) is 0 Å². The van der Waals surface area contributed by atoms with Crippen molar-refractivity contribution in [2.45, 2.75) is 49.1 Å². The number of phosphoric ester groups is 2. The summed E-state index contributed by atoms with van der Waals surface area (Å²) in [7, 11) is -10.3. The standard InChI is InChI=1S/C22H21Cl3FN7O11P2/c23-7-1-9-10(2-8(7)24)33(22(25)31-9)21-17-15(34)11(41-21)3-39-45(35,36)43-16-12(4-40-46(37,38)44-17)42-20(13(16)26)32-6-30-14-18(27)28-5-29-19(14)32/h1-2,5-6,11-13,15-17,20-21,34H,3-4H2,(H,35,36)(H,37,38)(H2,27,28,29)/t11-,12-,13+,15+,16?,17?,20-,21-/m1/s1. The van der Waals surface area contributed by atoms with Crippen LogP contribution in [0.25, 0.3) is 22.2 Å². The summed E-state index contributed by atoms with van der Waals surface area (Å²) in [5.74, 6) is 0.000126. The normalized spacial score (nSPS) is 37.2. The topological polar surface area (TPSA) is 238 Å². The molecule has 4 aromatic rings. The molecule has 18 nitrogen and oxygen atoms in total. The number of aliphatic hydroxyl groups excluding tert-OH is 1. The van der Waals surface area contributed by atoms with E-state index in [0.29, 0.717) is 0 Å². The van der Waals surface area contributed by atoms with E-state index in [-0.39, 0.29) is 43.3 Å². The molecule has 3 aliphatic heterocycles. The van der Waals surface area contributed by atoms with Gasteiger partial charge in [0.15, 0.2) is 30.1 Å². The van der Waals surface area contributed by atoms with E-state index in [9.17, 15) is 24.0 Å². The second kappa shape index (κ2) is 11.8. The highest BCUT2D eigenvalue weighted by molar-refractivity contribution is 7.47. The number of ether oxygens (including phenoxy) is 2. The van der Waals surface area contributed by atoms with E-state index in [1.807, 2.05) is 0 Å². The molecule has 2 bridgehead atoms. The van der Waals surface area contributed by atoms with Crippen molar-refractivity contribution in [2.75, 3.05) is 18.9 Å². The van der Waals surface area contributed by atoms with Gasteiger partial charge in [-0.15, -0.1) is 0 Å². The van der Waals surface area contributed by atoms with Crippen molar-refractivity contribution in [3.63, 3.8) is 0 Å². The van der Waals surface area contributed by atoms with E-state index in [1.165, 1.54) is 16.7 Å². The quantitative estimate of drug-likeness (QED) is 0.216. The van der Waals surface area contributed by atoms with Crippen molar-refractivity contribution in [3.05, 3.63) is 40.1 Å². The minimum absolute atomic E-state index is 0.000126. The van der Waals surface area contributed by atoms with E-state index in [0.717, 1.165) is 17.2 Å². The van der Waals surface area contributed by atoms with E-state index in [4.69, 9.17) is 68.1 Å². The molecule has 10 atom stereocenters. The minimum Gasteiger partial charge on any atom is -0.387 e. The smallest absolute Gasteiger partial charge is 0.387 e. The number of hydrogen-bond donors (Lipinski definition) is 4. The van der Waals surface area contributed by atoms with Crippen molar-refractivity contribution >= 4 is 78.5 Å². The van der Waals surface area contributed by atoms with Gasteiger partial charge in [-0.05, 0) is 23.7 Å². The minimum atomic E-state index is -5.15. The Bertz CT molecular complexity index is 1940. The number of alkyl halides is 1. The van der Waals surface area contributed by atoms with Crippen LogP contribution < -0.4 is 5.73 Å². The predicted molar refractivity (Wildman–Crippen MR) is 155 cm³/mol. The first kappa shape index (κ1) is 32.5. The summed E-state index contributed by atoms with van der Waals surface area (Å²) in [6.45, 7) is -1.74. The number of nitrogens with zero attached hydrogens (tertiary/aromatic N) is 6. The lowest BCUT2D eigenvalue weighted by molar-refractivity contribution is -0.0669. The van der Waals surface area contributed by atoms with Crippen LogP contribution in [-0.4, -0.2) is 93.9 Å². The van der Waals surface area contributed by atoms with Gasteiger partial charge in [-0.3, -0.25) is 27.2 Å². The second-order valence-electron chi connectivity index (χ2n) is 10.3. The number of halogens is 4. The molecule has 1 aromatic carbocycles. The van der Waals surface area contributed by atoms with Gasteiger partial charge < -0.3 is 30.1 Å². The molecule has 7 rings (SSSR count). The molecule has 24 heteroatoms. The average Bonchev–Trinajstić information content (AvgIpc) is 3.71. The summed E-state index contributed by atoms with van der Waals surface area (Å²) < 4.78 is 76.9. The van der Waals surface area contributed by atoms with Gasteiger partial charge in [-0.25, -0.2) is 33.5 Å². The number of phosphoric acid groups is 2. The van der Waals surface area contributed by atoms with Gasteiger partial charge >= 0.3 is 15.6 Å². The van der Waals surface area contributed by atoms with Crippen LogP contribution in [0.4, 0.5) is 10.2 Å². The zero-order valence-electron chi connectivity index (χ0n) is 22.6. The van der Waals surface area contributed by atoms with Crippen molar-refractivity contribution in [3.8, 4) is 0 Å². The highest BCUT2D eigenvalue weighted by atomic mass is 35.5. The Balaban J connectivity index is 1.21. The molecule has 46 heavy (non-hydrogen) atoms. The van der Waals surface area contributed by atoms with Crippen LogP contribution in [-0.2, 0) is 36.7 Å². The lowest BCUT2D eigenvalue weighted by Gasteiger charge is -2.26.